The van der Waals surface area contributed by atoms with Crippen LogP contribution in [0.1, 0.15) is 46.5 Å². The second-order valence-electron chi connectivity index (χ2n) is 6.25. The molecule has 1 saturated carbocycles. The zero-order valence-corrected chi connectivity index (χ0v) is 12.9. The molecule has 3 atom stereocenters. The van der Waals surface area contributed by atoms with Crippen LogP contribution in [0.15, 0.2) is 0 Å². The third kappa shape index (κ3) is 2.55. The Kier molecular flexibility index (Phi) is 4.37. The summed E-state index contributed by atoms with van der Waals surface area (Å²) in [6.45, 7) is 6.43. The lowest BCUT2D eigenvalue weighted by atomic mass is 9.87. The molecule has 0 radical (unpaired) electrons. The summed E-state index contributed by atoms with van der Waals surface area (Å²) < 4.78 is 5.12. The van der Waals surface area contributed by atoms with E-state index in [-0.39, 0.29) is 23.9 Å². The molecule has 114 valence electrons. The number of carbonyl (C=O) groups excluding carboxylic acids is 2. The predicted octanol–water partition coefficient (Wildman–Crippen LogP) is 1.32. The van der Waals surface area contributed by atoms with E-state index < -0.39 is 5.54 Å². The van der Waals surface area contributed by atoms with Crippen LogP contribution in [0.2, 0.25) is 0 Å². The van der Waals surface area contributed by atoms with Crippen LogP contribution in [0.25, 0.3) is 0 Å². The van der Waals surface area contributed by atoms with Crippen LogP contribution < -0.4 is 5.32 Å². The van der Waals surface area contributed by atoms with Crippen LogP contribution in [0.5, 0.6) is 0 Å². The first-order valence-corrected chi connectivity index (χ1v) is 7.58. The minimum Gasteiger partial charge on any atom is -0.385 e. The van der Waals surface area contributed by atoms with E-state index in [4.69, 9.17) is 4.74 Å². The van der Waals surface area contributed by atoms with Gasteiger partial charge in [0.25, 0.3) is 0 Å². The van der Waals surface area contributed by atoms with Crippen LogP contribution in [0.4, 0.5) is 0 Å². The summed E-state index contributed by atoms with van der Waals surface area (Å²) in [5, 5.41) is 2.95. The number of nitrogens with zero attached hydrogens (tertiary/aromatic N) is 1. The quantitative estimate of drug-likeness (QED) is 0.799. The summed E-state index contributed by atoms with van der Waals surface area (Å²) in [6, 6.07) is -0.299. The molecular weight excluding hydrogens is 256 g/mol. The Morgan fingerprint density at radius 2 is 2.10 bits per heavy atom. The largest absolute Gasteiger partial charge is 0.385 e. The van der Waals surface area contributed by atoms with Crippen LogP contribution in [0.3, 0.4) is 0 Å². The van der Waals surface area contributed by atoms with Crippen LogP contribution in [-0.4, -0.2) is 48.1 Å². The SMILES string of the molecule is CCC1(C)C(=O)NC(C2CC2)C(=O)N1C(C)CCOC. The molecule has 2 rings (SSSR count). The molecule has 0 spiro atoms. The lowest BCUT2D eigenvalue weighted by Crippen LogP contribution is -2.71. The van der Waals surface area contributed by atoms with Crippen molar-refractivity contribution in [3.63, 3.8) is 0 Å². The fourth-order valence-electron chi connectivity index (χ4n) is 3.06. The number of hydrogen-bond acceptors (Lipinski definition) is 3. The van der Waals surface area contributed by atoms with Crippen LogP contribution in [-0.2, 0) is 14.3 Å². The fraction of sp³-hybridized carbons (Fsp3) is 0.867. The molecule has 1 aliphatic heterocycles. The monoisotopic (exact) mass is 282 g/mol. The van der Waals surface area contributed by atoms with Crippen molar-refractivity contribution in [3.8, 4) is 0 Å². The standard InChI is InChI=1S/C15H26N2O3/c1-5-15(3)14(19)16-12(11-6-7-11)13(18)17(15)10(2)8-9-20-4/h10-12H,5-9H2,1-4H3,(H,16,19). The average Bonchev–Trinajstić information content (AvgIpc) is 3.25. The van der Waals surface area contributed by atoms with Gasteiger partial charge < -0.3 is 15.0 Å². The number of rotatable bonds is 6. The first-order valence-electron chi connectivity index (χ1n) is 7.58. The minimum atomic E-state index is -0.740. The van der Waals surface area contributed by atoms with Crippen molar-refractivity contribution in [1.29, 1.82) is 0 Å². The van der Waals surface area contributed by atoms with E-state index >= 15 is 0 Å². The van der Waals surface area contributed by atoms with E-state index in [0.717, 1.165) is 19.3 Å². The molecule has 0 bridgehead atoms. The number of nitrogens with one attached hydrogen (secondary N) is 1. The van der Waals surface area contributed by atoms with Crippen molar-refractivity contribution in [2.24, 2.45) is 5.92 Å². The predicted molar refractivity (Wildman–Crippen MR) is 76.2 cm³/mol. The van der Waals surface area contributed by atoms with Crippen molar-refractivity contribution in [2.45, 2.75) is 64.1 Å². The second kappa shape index (κ2) is 5.72. The second-order valence-corrected chi connectivity index (χ2v) is 6.25. The van der Waals surface area contributed by atoms with Crippen molar-refractivity contribution in [1.82, 2.24) is 10.2 Å². The molecule has 0 aromatic heterocycles. The third-order valence-corrected chi connectivity index (χ3v) is 4.77. The highest BCUT2D eigenvalue weighted by atomic mass is 16.5. The van der Waals surface area contributed by atoms with Crippen molar-refractivity contribution < 1.29 is 14.3 Å². The molecule has 1 N–H and O–H groups in total. The number of ether oxygens (including phenoxy) is 1. The Balaban J connectivity index is 2.23. The highest BCUT2D eigenvalue weighted by Gasteiger charge is 2.53. The molecule has 1 saturated heterocycles. The van der Waals surface area contributed by atoms with Crippen LogP contribution in [0, 0.1) is 5.92 Å². The van der Waals surface area contributed by atoms with Gasteiger partial charge in [0.15, 0.2) is 0 Å². The van der Waals surface area contributed by atoms with Gasteiger partial charge in [-0.15, -0.1) is 0 Å². The molecule has 0 aromatic carbocycles. The van der Waals surface area contributed by atoms with E-state index in [1.807, 2.05) is 25.7 Å². The smallest absolute Gasteiger partial charge is 0.246 e. The molecular formula is C15H26N2O3. The molecule has 3 unspecified atom stereocenters. The van der Waals surface area contributed by atoms with E-state index in [0.29, 0.717) is 18.9 Å². The van der Waals surface area contributed by atoms with Gasteiger partial charge in [-0.2, -0.15) is 0 Å². The molecule has 20 heavy (non-hydrogen) atoms. The summed E-state index contributed by atoms with van der Waals surface area (Å²) in [7, 11) is 1.66. The highest BCUT2D eigenvalue weighted by molar-refractivity contribution is 6.00. The first kappa shape index (κ1) is 15.3. The van der Waals surface area contributed by atoms with E-state index in [1.165, 1.54) is 0 Å². The average molecular weight is 282 g/mol. The minimum absolute atomic E-state index is 0.0132. The van der Waals surface area contributed by atoms with Gasteiger partial charge in [-0.3, -0.25) is 9.59 Å². The zero-order valence-electron chi connectivity index (χ0n) is 12.9. The fourth-order valence-corrected chi connectivity index (χ4v) is 3.06. The van der Waals surface area contributed by atoms with Gasteiger partial charge in [0.2, 0.25) is 11.8 Å². The lowest BCUT2D eigenvalue weighted by molar-refractivity contribution is -0.161. The molecule has 1 heterocycles. The van der Waals surface area contributed by atoms with Crippen molar-refractivity contribution in [2.75, 3.05) is 13.7 Å². The Bertz CT molecular complexity index is 395. The maximum atomic E-state index is 12.8. The molecule has 2 amide bonds. The van der Waals surface area contributed by atoms with Gasteiger partial charge in [-0.25, -0.2) is 0 Å². The molecule has 1 aliphatic carbocycles. The van der Waals surface area contributed by atoms with E-state index in [2.05, 4.69) is 5.32 Å². The number of hydrogen-bond donors (Lipinski definition) is 1. The van der Waals surface area contributed by atoms with Gasteiger partial charge in [-0.1, -0.05) is 6.92 Å². The number of piperazine rings is 1. The summed E-state index contributed by atoms with van der Waals surface area (Å²) >= 11 is 0. The highest BCUT2D eigenvalue weighted by Crippen LogP contribution is 2.38. The summed E-state index contributed by atoms with van der Waals surface area (Å²) in [5.41, 5.74) is -0.740. The summed E-state index contributed by atoms with van der Waals surface area (Å²) in [4.78, 5) is 27.1. The maximum Gasteiger partial charge on any atom is 0.246 e. The van der Waals surface area contributed by atoms with Crippen molar-refractivity contribution in [3.05, 3.63) is 0 Å². The molecule has 0 aromatic rings. The van der Waals surface area contributed by atoms with Gasteiger partial charge in [-0.05, 0) is 45.4 Å². The normalized spacial score (nSPS) is 32.2. The summed E-state index contributed by atoms with van der Waals surface area (Å²) in [6.07, 6.45) is 3.46. The number of carbonyl (C=O) groups is 2. The molecule has 2 aliphatic rings. The molecule has 2 fully saturated rings. The number of amides is 2. The van der Waals surface area contributed by atoms with Crippen LogP contribution >= 0.6 is 0 Å². The number of methoxy groups -OCH3 is 1. The Labute approximate surface area is 121 Å². The Morgan fingerprint density at radius 1 is 1.45 bits per heavy atom. The molecule has 5 heteroatoms. The van der Waals surface area contributed by atoms with Gasteiger partial charge in [0.1, 0.15) is 11.6 Å². The van der Waals surface area contributed by atoms with Gasteiger partial charge in [0.05, 0.1) is 0 Å². The third-order valence-electron chi connectivity index (χ3n) is 4.77. The van der Waals surface area contributed by atoms with Gasteiger partial charge >= 0.3 is 0 Å². The van der Waals surface area contributed by atoms with Crippen molar-refractivity contribution >= 4 is 11.8 Å². The zero-order chi connectivity index (χ0) is 14.9. The lowest BCUT2D eigenvalue weighted by Gasteiger charge is -2.49. The molecule has 5 nitrogen and oxygen atoms in total. The summed E-state index contributed by atoms with van der Waals surface area (Å²) in [5.74, 6) is 0.408. The topological polar surface area (TPSA) is 58.6 Å². The van der Waals surface area contributed by atoms with E-state index in [9.17, 15) is 9.59 Å². The maximum absolute atomic E-state index is 12.8. The van der Waals surface area contributed by atoms with E-state index in [1.54, 1.807) is 7.11 Å². The first-order chi connectivity index (χ1) is 9.45. The van der Waals surface area contributed by atoms with Gasteiger partial charge in [0, 0.05) is 19.8 Å². The Hall–Kier alpha value is -1.10. The Morgan fingerprint density at radius 3 is 2.60 bits per heavy atom.